The predicted octanol–water partition coefficient (Wildman–Crippen LogP) is 0.707. The molecule has 7 nitrogen and oxygen atoms in total. The van der Waals surface area contributed by atoms with E-state index in [-0.39, 0.29) is 42.6 Å². The van der Waals surface area contributed by atoms with Crippen molar-refractivity contribution in [1.29, 1.82) is 0 Å². The Hall–Kier alpha value is -1.60. The summed E-state index contributed by atoms with van der Waals surface area (Å²) < 4.78 is 1.52. The van der Waals surface area contributed by atoms with Gasteiger partial charge in [0.25, 0.3) is 0 Å². The molecule has 0 bridgehead atoms. The maximum absolute atomic E-state index is 12.2. The topological polar surface area (TPSA) is 93.2 Å². The molecule has 1 aliphatic rings. The summed E-state index contributed by atoms with van der Waals surface area (Å²) in [5, 5.41) is 7.02. The molecule has 0 aromatic carbocycles. The summed E-state index contributed by atoms with van der Waals surface area (Å²) in [5.41, 5.74) is 5.70. The second-order valence-electron chi connectivity index (χ2n) is 5.71. The first kappa shape index (κ1) is 18.4. The van der Waals surface area contributed by atoms with E-state index in [4.69, 9.17) is 5.73 Å². The number of amides is 2. The fourth-order valence-corrected chi connectivity index (χ4v) is 2.68. The number of halogens is 1. The molecule has 1 saturated carbocycles. The summed E-state index contributed by atoms with van der Waals surface area (Å²) in [6.45, 7) is 0.710. The highest BCUT2D eigenvalue weighted by Gasteiger charge is 2.32. The Bertz CT molecular complexity index is 517. The SMILES string of the molecule is CN(C)C(=O)Cn1ccc(NC(=O)[C@@H]2CCC[C@@H]2CN)n1.Cl. The minimum absolute atomic E-state index is 0. The van der Waals surface area contributed by atoms with Crippen LogP contribution in [0.4, 0.5) is 5.82 Å². The molecule has 0 saturated heterocycles. The predicted molar refractivity (Wildman–Crippen MR) is 86.7 cm³/mol. The molecule has 0 radical (unpaired) electrons. The van der Waals surface area contributed by atoms with Gasteiger partial charge in [0.2, 0.25) is 11.8 Å². The van der Waals surface area contributed by atoms with Crippen LogP contribution >= 0.6 is 12.4 Å². The van der Waals surface area contributed by atoms with E-state index in [2.05, 4.69) is 10.4 Å². The molecule has 2 rings (SSSR count). The highest BCUT2D eigenvalue weighted by Crippen LogP contribution is 2.31. The molecule has 1 aliphatic carbocycles. The molecule has 0 spiro atoms. The molecule has 1 aromatic rings. The number of hydrogen-bond acceptors (Lipinski definition) is 4. The average Bonchev–Trinajstić information content (AvgIpc) is 3.07. The van der Waals surface area contributed by atoms with Crippen LogP contribution in [0.15, 0.2) is 12.3 Å². The van der Waals surface area contributed by atoms with Gasteiger partial charge in [-0.05, 0) is 25.3 Å². The monoisotopic (exact) mass is 329 g/mol. The number of rotatable bonds is 5. The maximum atomic E-state index is 12.2. The van der Waals surface area contributed by atoms with Crippen LogP contribution in [0.2, 0.25) is 0 Å². The molecule has 2 amide bonds. The van der Waals surface area contributed by atoms with Crippen molar-refractivity contribution in [2.24, 2.45) is 17.6 Å². The van der Waals surface area contributed by atoms with Crippen molar-refractivity contribution in [3.05, 3.63) is 12.3 Å². The fourth-order valence-electron chi connectivity index (χ4n) is 2.68. The largest absolute Gasteiger partial charge is 0.347 e. The summed E-state index contributed by atoms with van der Waals surface area (Å²) in [4.78, 5) is 25.3. The summed E-state index contributed by atoms with van der Waals surface area (Å²) >= 11 is 0. The lowest BCUT2D eigenvalue weighted by Crippen LogP contribution is -2.30. The van der Waals surface area contributed by atoms with Crippen LogP contribution in [0.3, 0.4) is 0 Å². The van der Waals surface area contributed by atoms with Gasteiger partial charge in [-0.3, -0.25) is 14.3 Å². The normalized spacial score (nSPS) is 20.3. The Labute approximate surface area is 136 Å². The summed E-state index contributed by atoms with van der Waals surface area (Å²) in [5.74, 6) is 0.655. The number of likely N-dealkylation sites (N-methyl/N-ethyl adjacent to an activating group) is 1. The van der Waals surface area contributed by atoms with Crippen molar-refractivity contribution in [3.63, 3.8) is 0 Å². The Morgan fingerprint density at radius 1 is 1.45 bits per heavy atom. The molecule has 124 valence electrons. The van der Waals surface area contributed by atoms with Crippen molar-refractivity contribution >= 4 is 30.0 Å². The van der Waals surface area contributed by atoms with Crippen molar-refractivity contribution in [3.8, 4) is 0 Å². The zero-order valence-corrected chi connectivity index (χ0v) is 13.8. The molecule has 0 aliphatic heterocycles. The molecule has 2 atom stereocenters. The Kier molecular flexibility index (Phi) is 6.83. The van der Waals surface area contributed by atoms with Crippen LogP contribution in [-0.2, 0) is 16.1 Å². The van der Waals surface area contributed by atoms with Crippen molar-refractivity contribution in [1.82, 2.24) is 14.7 Å². The Balaban J connectivity index is 0.00000242. The van der Waals surface area contributed by atoms with Crippen LogP contribution in [0.25, 0.3) is 0 Å². The number of carbonyl (C=O) groups excluding carboxylic acids is 2. The smallest absolute Gasteiger partial charge is 0.243 e. The lowest BCUT2D eigenvalue weighted by Gasteiger charge is -2.16. The Morgan fingerprint density at radius 3 is 2.82 bits per heavy atom. The molecular weight excluding hydrogens is 306 g/mol. The summed E-state index contributed by atoms with van der Waals surface area (Å²) in [6.07, 6.45) is 4.63. The van der Waals surface area contributed by atoms with E-state index in [1.807, 2.05) is 0 Å². The quantitative estimate of drug-likeness (QED) is 0.832. The first-order valence-electron chi connectivity index (χ1n) is 7.25. The van der Waals surface area contributed by atoms with Gasteiger partial charge in [0.05, 0.1) is 0 Å². The number of nitrogens with one attached hydrogen (secondary N) is 1. The summed E-state index contributed by atoms with van der Waals surface area (Å²) in [6, 6.07) is 1.70. The number of hydrogen-bond donors (Lipinski definition) is 2. The first-order chi connectivity index (χ1) is 10.0. The maximum Gasteiger partial charge on any atom is 0.243 e. The van der Waals surface area contributed by atoms with Crippen LogP contribution in [0.5, 0.6) is 0 Å². The lowest BCUT2D eigenvalue weighted by molar-refractivity contribution is -0.129. The minimum Gasteiger partial charge on any atom is -0.347 e. The van der Waals surface area contributed by atoms with E-state index in [0.717, 1.165) is 19.3 Å². The first-order valence-corrected chi connectivity index (χ1v) is 7.25. The number of aromatic nitrogens is 2. The molecule has 22 heavy (non-hydrogen) atoms. The zero-order valence-electron chi connectivity index (χ0n) is 13.0. The van der Waals surface area contributed by atoms with E-state index in [9.17, 15) is 9.59 Å². The van der Waals surface area contributed by atoms with E-state index in [1.54, 1.807) is 26.4 Å². The number of nitrogens with two attached hydrogens (primary N) is 1. The van der Waals surface area contributed by atoms with E-state index < -0.39 is 0 Å². The number of nitrogens with zero attached hydrogens (tertiary/aromatic N) is 3. The third-order valence-electron chi connectivity index (χ3n) is 3.99. The highest BCUT2D eigenvalue weighted by molar-refractivity contribution is 5.92. The van der Waals surface area contributed by atoms with Gasteiger partial charge in [-0.25, -0.2) is 0 Å². The fraction of sp³-hybridized carbons (Fsp3) is 0.643. The number of carbonyl (C=O) groups is 2. The third kappa shape index (κ3) is 4.45. The van der Waals surface area contributed by atoms with Gasteiger partial charge in [-0.2, -0.15) is 5.10 Å². The van der Waals surface area contributed by atoms with Crippen LogP contribution < -0.4 is 11.1 Å². The highest BCUT2D eigenvalue weighted by atomic mass is 35.5. The van der Waals surface area contributed by atoms with Gasteiger partial charge < -0.3 is 16.0 Å². The summed E-state index contributed by atoms with van der Waals surface area (Å²) in [7, 11) is 3.39. The third-order valence-corrected chi connectivity index (χ3v) is 3.99. The van der Waals surface area contributed by atoms with Gasteiger partial charge in [-0.15, -0.1) is 12.4 Å². The molecule has 0 unspecified atom stereocenters. The van der Waals surface area contributed by atoms with Gasteiger partial charge in [0, 0.05) is 32.3 Å². The van der Waals surface area contributed by atoms with Crippen LogP contribution in [-0.4, -0.2) is 47.1 Å². The second-order valence-corrected chi connectivity index (χ2v) is 5.71. The van der Waals surface area contributed by atoms with Crippen molar-refractivity contribution < 1.29 is 9.59 Å². The van der Waals surface area contributed by atoms with E-state index >= 15 is 0 Å². The second kappa shape index (κ2) is 8.14. The van der Waals surface area contributed by atoms with Crippen molar-refractivity contribution in [2.45, 2.75) is 25.8 Å². The Morgan fingerprint density at radius 2 is 2.18 bits per heavy atom. The minimum atomic E-state index is -0.0463. The molecule has 1 fully saturated rings. The molecule has 3 N–H and O–H groups in total. The molecule has 1 aromatic heterocycles. The number of anilines is 1. The van der Waals surface area contributed by atoms with E-state index in [1.165, 1.54) is 9.58 Å². The van der Waals surface area contributed by atoms with Gasteiger partial charge >= 0.3 is 0 Å². The molecule has 1 heterocycles. The van der Waals surface area contributed by atoms with Crippen LogP contribution in [0, 0.1) is 11.8 Å². The van der Waals surface area contributed by atoms with Crippen molar-refractivity contribution in [2.75, 3.05) is 26.0 Å². The van der Waals surface area contributed by atoms with Gasteiger partial charge in [0.1, 0.15) is 6.54 Å². The molecular formula is C14H24ClN5O2. The zero-order chi connectivity index (χ0) is 15.4. The van der Waals surface area contributed by atoms with Gasteiger partial charge in [-0.1, -0.05) is 6.42 Å². The molecule has 8 heteroatoms. The van der Waals surface area contributed by atoms with E-state index in [0.29, 0.717) is 12.4 Å². The van der Waals surface area contributed by atoms with Crippen LogP contribution in [0.1, 0.15) is 19.3 Å². The standard InChI is InChI=1S/C14H23N5O2.ClH/c1-18(2)13(20)9-19-7-6-12(17-19)16-14(21)11-5-3-4-10(11)8-15;/h6-7,10-11H,3-5,8-9,15H2,1-2H3,(H,16,17,21);1H/t10-,11-;/m1./s1. The average molecular weight is 330 g/mol. The van der Waals surface area contributed by atoms with Gasteiger partial charge in [0.15, 0.2) is 5.82 Å². The lowest BCUT2D eigenvalue weighted by atomic mass is 9.95.